The Morgan fingerprint density at radius 1 is 0.941 bits per heavy atom. The Hall–Kier alpha value is -1.30. The standard InChI is InChI=1S/C17H18/c1-16-9-4-10-17(16,12-16)15-8-7-13-5-2-3-6-14(13)11-15/h2-3,5-8,11H,4,9-10,12H2,1H3. The maximum atomic E-state index is 2.48. The minimum absolute atomic E-state index is 0.539. The summed E-state index contributed by atoms with van der Waals surface area (Å²) in [4.78, 5) is 0. The zero-order valence-corrected chi connectivity index (χ0v) is 10.4. The van der Waals surface area contributed by atoms with Crippen molar-refractivity contribution in [2.24, 2.45) is 5.41 Å². The SMILES string of the molecule is CC12CCCC1(c1ccc3ccccc3c1)C2. The molecule has 0 aliphatic heterocycles. The van der Waals surface area contributed by atoms with Crippen molar-refractivity contribution in [3.63, 3.8) is 0 Å². The molecule has 2 saturated carbocycles. The van der Waals surface area contributed by atoms with Crippen molar-refractivity contribution in [3.05, 3.63) is 48.0 Å². The summed E-state index contributed by atoms with van der Waals surface area (Å²) in [6.07, 6.45) is 5.67. The van der Waals surface area contributed by atoms with Gasteiger partial charge in [0.05, 0.1) is 0 Å². The molecule has 2 unspecified atom stereocenters. The van der Waals surface area contributed by atoms with Crippen LogP contribution in [0.15, 0.2) is 42.5 Å². The fourth-order valence-electron chi connectivity index (χ4n) is 4.20. The van der Waals surface area contributed by atoms with Gasteiger partial charge in [-0.1, -0.05) is 55.8 Å². The Balaban J connectivity index is 1.88. The van der Waals surface area contributed by atoms with Crippen molar-refractivity contribution in [1.82, 2.24) is 0 Å². The van der Waals surface area contributed by atoms with E-state index in [2.05, 4.69) is 49.4 Å². The van der Waals surface area contributed by atoms with E-state index < -0.39 is 0 Å². The van der Waals surface area contributed by atoms with Crippen molar-refractivity contribution in [2.45, 2.75) is 38.0 Å². The van der Waals surface area contributed by atoms with Crippen molar-refractivity contribution in [2.75, 3.05) is 0 Å². The third kappa shape index (κ3) is 1.14. The van der Waals surface area contributed by atoms with Crippen LogP contribution in [0.25, 0.3) is 10.8 Å². The summed E-state index contributed by atoms with van der Waals surface area (Å²) >= 11 is 0. The molecule has 0 saturated heterocycles. The highest BCUT2D eigenvalue weighted by atomic mass is 14.7. The van der Waals surface area contributed by atoms with Gasteiger partial charge in [-0.3, -0.25) is 0 Å². The van der Waals surface area contributed by atoms with Gasteiger partial charge in [0, 0.05) is 5.41 Å². The van der Waals surface area contributed by atoms with E-state index in [0.717, 1.165) is 0 Å². The van der Waals surface area contributed by atoms with Crippen LogP contribution in [-0.4, -0.2) is 0 Å². The highest BCUT2D eigenvalue weighted by Gasteiger charge is 2.66. The highest BCUT2D eigenvalue weighted by molar-refractivity contribution is 5.83. The molecule has 0 heterocycles. The molecule has 0 aromatic heterocycles. The smallest absolute Gasteiger partial charge is 0.00128 e. The Bertz CT molecular complexity index is 594. The molecule has 2 aromatic rings. The second-order valence-corrected chi connectivity index (χ2v) is 6.24. The number of rotatable bonds is 1. The molecule has 2 atom stereocenters. The van der Waals surface area contributed by atoms with Crippen molar-refractivity contribution < 1.29 is 0 Å². The molecule has 2 aliphatic carbocycles. The number of benzene rings is 2. The van der Waals surface area contributed by atoms with E-state index in [4.69, 9.17) is 0 Å². The lowest BCUT2D eigenvalue weighted by Crippen LogP contribution is -2.09. The van der Waals surface area contributed by atoms with Crippen LogP contribution < -0.4 is 0 Å². The third-order valence-corrected chi connectivity index (χ3v) is 5.36. The van der Waals surface area contributed by atoms with Gasteiger partial charge in [0.25, 0.3) is 0 Å². The van der Waals surface area contributed by atoms with Crippen LogP contribution in [0.5, 0.6) is 0 Å². The average Bonchev–Trinajstić information content (AvgIpc) is 2.83. The van der Waals surface area contributed by atoms with Gasteiger partial charge >= 0.3 is 0 Å². The van der Waals surface area contributed by atoms with E-state index in [0.29, 0.717) is 10.8 Å². The van der Waals surface area contributed by atoms with Crippen molar-refractivity contribution >= 4 is 10.8 Å². The first kappa shape index (κ1) is 9.70. The minimum Gasteiger partial charge on any atom is -0.0616 e. The fourth-order valence-corrected chi connectivity index (χ4v) is 4.20. The number of hydrogen-bond donors (Lipinski definition) is 0. The lowest BCUT2D eigenvalue weighted by molar-refractivity contribution is 0.519. The molecule has 4 rings (SSSR count). The van der Waals surface area contributed by atoms with E-state index in [9.17, 15) is 0 Å². The van der Waals surface area contributed by atoms with Crippen LogP contribution in [0, 0.1) is 5.41 Å². The van der Waals surface area contributed by atoms with Crippen LogP contribution in [0.4, 0.5) is 0 Å². The molecule has 17 heavy (non-hydrogen) atoms. The predicted molar refractivity (Wildman–Crippen MR) is 72.2 cm³/mol. The third-order valence-electron chi connectivity index (χ3n) is 5.36. The van der Waals surface area contributed by atoms with Crippen LogP contribution in [-0.2, 0) is 5.41 Å². The van der Waals surface area contributed by atoms with E-state index >= 15 is 0 Å². The molecule has 0 spiro atoms. The summed E-state index contributed by atoms with van der Waals surface area (Å²) in [6, 6.07) is 15.8. The molecule has 0 radical (unpaired) electrons. The summed E-state index contributed by atoms with van der Waals surface area (Å²) in [7, 11) is 0. The van der Waals surface area contributed by atoms with Gasteiger partial charge < -0.3 is 0 Å². The molecular weight excluding hydrogens is 204 g/mol. The van der Waals surface area contributed by atoms with Crippen molar-refractivity contribution in [1.29, 1.82) is 0 Å². The molecule has 0 nitrogen and oxygen atoms in total. The van der Waals surface area contributed by atoms with Gasteiger partial charge in [-0.25, -0.2) is 0 Å². The number of fused-ring (bicyclic) bond motifs is 2. The second kappa shape index (κ2) is 2.93. The van der Waals surface area contributed by atoms with Gasteiger partial charge in [-0.15, -0.1) is 0 Å². The normalized spacial score (nSPS) is 34.9. The average molecular weight is 222 g/mol. The minimum atomic E-state index is 0.539. The topological polar surface area (TPSA) is 0 Å². The van der Waals surface area contributed by atoms with Crippen LogP contribution in [0.1, 0.15) is 38.2 Å². The predicted octanol–water partition coefficient (Wildman–Crippen LogP) is 4.67. The maximum Gasteiger partial charge on any atom is 0.00128 e. The summed E-state index contributed by atoms with van der Waals surface area (Å²) in [5.41, 5.74) is 2.75. The quantitative estimate of drug-likeness (QED) is 0.657. The molecule has 86 valence electrons. The molecule has 2 aliphatic rings. The van der Waals surface area contributed by atoms with Gasteiger partial charge in [0.1, 0.15) is 0 Å². The molecule has 2 fully saturated rings. The first-order chi connectivity index (χ1) is 8.24. The Morgan fingerprint density at radius 3 is 2.47 bits per heavy atom. The summed E-state index contributed by atoms with van der Waals surface area (Å²) in [5, 5.41) is 2.77. The Morgan fingerprint density at radius 2 is 1.76 bits per heavy atom. The zero-order valence-electron chi connectivity index (χ0n) is 10.4. The lowest BCUT2D eigenvalue weighted by Gasteiger charge is -2.16. The summed E-state index contributed by atoms with van der Waals surface area (Å²) in [5.74, 6) is 0. The Labute approximate surface area is 103 Å². The summed E-state index contributed by atoms with van der Waals surface area (Å²) < 4.78 is 0. The van der Waals surface area contributed by atoms with Crippen LogP contribution in [0.3, 0.4) is 0 Å². The molecule has 0 amide bonds. The van der Waals surface area contributed by atoms with E-state index in [1.807, 2.05) is 0 Å². The van der Waals surface area contributed by atoms with E-state index in [-0.39, 0.29) is 0 Å². The Kier molecular flexibility index (Phi) is 1.67. The van der Waals surface area contributed by atoms with E-state index in [1.54, 1.807) is 5.56 Å². The second-order valence-electron chi connectivity index (χ2n) is 6.24. The van der Waals surface area contributed by atoms with Gasteiger partial charge in [0.15, 0.2) is 0 Å². The first-order valence-corrected chi connectivity index (χ1v) is 6.73. The monoisotopic (exact) mass is 222 g/mol. The van der Waals surface area contributed by atoms with Crippen LogP contribution >= 0.6 is 0 Å². The maximum absolute atomic E-state index is 2.48. The van der Waals surface area contributed by atoms with Gasteiger partial charge in [0.2, 0.25) is 0 Å². The first-order valence-electron chi connectivity index (χ1n) is 6.73. The number of hydrogen-bond acceptors (Lipinski definition) is 0. The summed E-state index contributed by atoms with van der Waals surface area (Å²) in [6.45, 7) is 2.48. The molecule has 2 aromatic carbocycles. The van der Waals surface area contributed by atoms with Crippen molar-refractivity contribution in [3.8, 4) is 0 Å². The molecule has 0 bridgehead atoms. The largest absolute Gasteiger partial charge is 0.0616 e. The molecular formula is C17H18. The van der Waals surface area contributed by atoms with E-state index in [1.165, 1.54) is 36.5 Å². The fraction of sp³-hybridized carbons (Fsp3) is 0.412. The van der Waals surface area contributed by atoms with Gasteiger partial charge in [-0.2, -0.15) is 0 Å². The lowest BCUT2D eigenvalue weighted by atomic mass is 9.88. The highest BCUT2D eigenvalue weighted by Crippen LogP contribution is 2.73. The molecule has 0 N–H and O–H groups in total. The van der Waals surface area contributed by atoms with Crippen LogP contribution in [0.2, 0.25) is 0 Å². The van der Waals surface area contributed by atoms with Gasteiger partial charge in [-0.05, 0) is 41.0 Å². The zero-order chi connectivity index (χ0) is 11.5. The molecule has 0 heteroatoms.